The zero-order chi connectivity index (χ0) is 11.7. The molecule has 1 aromatic rings. The topological polar surface area (TPSA) is 33.1 Å². The fourth-order valence-corrected chi connectivity index (χ4v) is 2.81. The molecule has 1 aromatic heterocycles. The predicted octanol–water partition coefficient (Wildman–Crippen LogP) is 1.09. The predicted molar refractivity (Wildman–Crippen MR) is 67.7 cm³/mol. The molecule has 1 saturated carbocycles. The molecule has 2 heterocycles. The number of hydrogen-bond acceptors (Lipinski definition) is 3. The van der Waals surface area contributed by atoms with Crippen LogP contribution in [0.15, 0.2) is 12.4 Å². The molecule has 3 rings (SSSR count). The lowest BCUT2D eigenvalue weighted by Crippen LogP contribution is -2.51. The Kier molecular flexibility index (Phi) is 3.16. The summed E-state index contributed by atoms with van der Waals surface area (Å²) in [4.78, 5) is 2.64. The second kappa shape index (κ2) is 4.78. The molecule has 94 valence electrons. The van der Waals surface area contributed by atoms with Gasteiger partial charge in [-0.3, -0.25) is 9.58 Å². The molecule has 0 radical (unpaired) electrons. The Balaban J connectivity index is 1.65. The minimum atomic E-state index is 0.758. The fourth-order valence-electron chi connectivity index (χ4n) is 2.81. The minimum Gasteiger partial charge on any atom is -0.314 e. The Labute approximate surface area is 103 Å². The summed E-state index contributed by atoms with van der Waals surface area (Å²) in [6.45, 7) is 7.65. The first-order chi connectivity index (χ1) is 8.36. The smallest absolute Gasteiger partial charge is 0.0534 e. The third-order valence-electron chi connectivity index (χ3n) is 3.96. The molecule has 2 fully saturated rings. The van der Waals surface area contributed by atoms with Gasteiger partial charge in [-0.25, -0.2) is 0 Å². The van der Waals surface area contributed by atoms with E-state index in [9.17, 15) is 0 Å². The first-order valence-corrected chi connectivity index (χ1v) is 6.83. The van der Waals surface area contributed by atoms with Crippen LogP contribution in [-0.4, -0.2) is 40.4 Å². The van der Waals surface area contributed by atoms with E-state index in [4.69, 9.17) is 0 Å². The third-order valence-corrected chi connectivity index (χ3v) is 3.96. The summed E-state index contributed by atoms with van der Waals surface area (Å²) in [6, 6.07) is 0.758. The van der Waals surface area contributed by atoms with Crippen LogP contribution in [0.3, 0.4) is 0 Å². The first-order valence-electron chi connectivity index (χ1n) is 6.83. The average Bonchev–Trinajstić information content (AvgIpc) is 3.10. The molecule has 1 N–H and O–H groups in total. The van der Waals surface area contributed by atoms with Gasteiger partial charge in [0.2, 0.25) is 0 Å². The Bertz CT molecular complexity index is 369. The minimum absolute atomic E-state index is 0.758. The number of rotatable bonds is 4. The summed E-state index contributed by atoms with van der Waals surface area (Å²) in [6.07, 6.45) is 7.07. The van der Waals surface area contributed by atoms with Crippen LogP contribution >= 0.6 is 0 Å². The monoisotopic (exact) mass is 234 g/mol. The van der Waals surface area contributed by atoms with Crippen molar-refractivity contribution in [2.75, 3.05) is 19.6 Å². The maximum absolute atomic E-state index is 4.36. The normalized spacial score (nSPS) is 26.3. The van der Waals surface area contributed by atoms with Crippen LogP contribution in [0.25, 0.3) is 0 Å². The van der Waals surface area contributed by atoms with E-state index in [1.807, 2.05) is 10.9 Å². The van der Waals surface area contributed by atoms with Crippen LogP contribution in [0, 0.1) is 5.92 Å². The van der Waals surface area contributed by atoms with Crippen molar-refractivity contribution >= 4 is 0 Å². The molecule has 2 aliphatic rings. The van der Waals surface area contributed by atoms with Crippen molar-refractivity contribution in [3.63, 3.8) is 0 Å². The van der Waals surface area contributed by atoms with Crippen LogP contribution in [0.4, 0.5) is 0 Å². The van der Waals surface area contributed by atoms with Crippen LogP contribution < -0.4 is 5.32 Å². The highest BCUT2D eigenvalue weighted by Crippen LogP contribution is 2.36. The molecule has 1 atom stereocenters. The van der Waals surface area contributed by atoms with E-state index in [-0.39, 0.29) is 0 Å². The van der Waals surface area contributed by atoms with Crippen molar-refractivity contribution in [1.82, 2.24) is 20.0 Å². The van der Waals surface area contributed by atoms with Gasteiger partial charge in [-0.15, -0.1) is 0 Å². The van der Waals surface area contributed by atoms with E-state index >= 15 is 0 Å². The summed E-state index contributed by atoms with van der Waals surface area (Å²) < 4.78 is 2.02. The average molecular weight is 234 g/mol. The van der Waals surface area contributed by atoms with Gasteiger partial charge in [0.25, 0.3) is 0 Å². The summed E-state index contributed by atoms with van der Waals surface area (Å²) in [5.41, 5.74) is 1.36. The Morgan fingerprint density at radius 2 is 2.35 bits per heavy atom. The van der Waals surface area contributed by atoms with Crippen molar-refractivity contribution in [3.8, 4) is 0 Å². The number of aryl methyl sites for hydroxylation is 1. The molecule has 17 heavy (non-hydrogen) atoms. The highest BCUT2D eigenvalue weighted by atomic mass is 15.3. The molecule has 1 aliphatic carbocycles. The molecule has 0 amide bonds. The fraction of sp³-hybridized carbons (Fsp3) is 0.769. The molecule has 0 aromatic carbocycles. The summed E-state index contributed by atoms with van der Waals surface area (Å²) in [7, 11) is 0. The van der Waals surface area contributed by atoms with Crippen molar-refractivity contribution in [1.29, 1.82) is 0 Å². The van der Waals surface area contributed by atoms with E-state index in [2.05, 4.69) is 28.4 Å². The SMILES string of the molecule is CCn1cc(CN2CCNCC2C2CC2)cn1. The van der Waals surface area contributed by atoms with Gasteiger partial charge >= 0.3 is 0 Å². The van der Waals surface area contributed by atoms with Gasteiger partial charge < -0.3 is 5.32 Å². The van der Waals surface area contributed by atoms with Gasteiger partial charge in [0, 0.05) is 50.5 Å². The van der Waals surface area contributed by atoms with Gasteiger partial charge in [-0.05, 0) is 25.7 Å². The zero-order valence-electron chi connectivity index (χ0n) is 10.6. The van der Waals surface area contributed by atoms with Crippen molar-refractivity contribution in [2.24, 2.45) is 5.92 Å². The molecule has 0 bridgehead atoms. The maximum Gasteiger partial charge on any atom is 0.0534 e. The van der Waals surface area contributed by atoms with E-state index in [1.54, 1.807) is 0 Å². The third kappa shape index (κ3) is 2.53. The van der Waals surface area contributed by atoms with Crippen LogP contribution in [-0.2, 0) is 13.1 Å². The maximum atomic E-state index is 4.36. The molecule has 4 nitrogen and oxygen atoms in total. The van der Waals surface area contributed by atoms with Crippen molar-refractivity contribution in [3.05, 3.63) is 18.0 Å². The van der Waals surface area contributed by atoms with E-state index in [0.717, 1.165) is 31.6 Å². The molecule has 1 unspecified atom stereocenters. The molecular weight excluding hydrogens is 212 g/mol. The number of nitrogens with one attached hydrogen (secondary N) is 1. The summed E-state index contributed by atoms with van der Waals surface area (Å²) in [5.74, 6) is 0.948. The lowest BCUT2D eigenvalue weighted by Gasteiger charge is -2.36. The Morgan fingerprint density at radius 3 is 3.06 bits per heavy atom. The van der Waals surface area contributed by atoms with Crippen LogP contribution in [0.2, 0.25) is 0 Å². The van der Waals surface area contributed by atoms with E-state index in [0.29, 0.717) is 0 Å². The molecule has 1 saturated heterocycles. The molecule has 4 heteroatoms. The second-order valence-corrected chi connectivity index (χ2v) is 5.28. The number of hydrogen-bond donors (Lipinski definition) is 1. The van der Waals surface area contributed by atoms with Crippen molar-refractivity contribution in [2.45, 2.75) is 38.9 Å². The van der Waals surface area contributed by atoms with Gasteiger partial charge in [-0.2, -0.15) is 5.10 Å². The number of piperazine rings is 1. The van der Waals surface area contributed by atoms with Crippen LogP contribution in [0.1, 0.15) is 25.3 Å². The van der Waals surface area contributed by atoms with Gasteiger partial charge in [0.1, 0.15) is 0 Å². The quantitative estimate of drug-likeness (QED) is 0.846. The van der Waals surface area contributed by atoms with Crippen LogP contribution in [0.5, 0.6) is 0 Å². The standard InChI is InChI=1S/C13H22N4/c1-2-17-10-11(7-15-17)9-16-6-5-14-8-13(16)12-3-4-12/h7,10,12-14H,2-6,8-9H2,1H3. The van der Waals surface area contributed by atoms with Crippen molar-refractivity contribution < 1.29 is 0 Å². The number of nitrogens with zero attached hydrogens (tertiary/aromatic N) is 3. The molecular formula is C13H22N4. The Hall–Kier alpha value is -0.870. The highest BCUT2D eigenvalue weighted by Gasteiger charge is 2.36. The second-order valence-electron chi connectivity index (χ2n) is 5.28. The lowest BCUT2D eigenvalue weighted by molar-refractivity contribution is 0.135. The van der Waals surface area contributed by atoms with Gasteiger partial charge in [0.15, 0.2) is 0 Å². The van der Waals surface area contributed by atoms with Gasteiger partial charge in [0.05, 0.1) is 6.20 Å². The highest BCUT2D eigenvalue weighted by molar-refractivity contribution is 5.05. The van der Waals surface area contributed by atoms with E-state index in [1.165, 1.54) is 31.5 Å². The lowest BCUT2D eigenvalue weighted by atomic mass is 10.1. The zero-order valence-corrected chi connectivity index (χ0v) is 10.6. The Morgan fingerprint density at radius 1 is 1.47 bits per heavy atom. The molecule has 1 aliphatic heterocycles. The molecule has 0 spiro atoms. The van der Waals surface area contributed by atoms with E-state index < -0.39 is 0 Å². The van der Waals surface area contributed by atoms with Gasteiger partial charge in [-0.1, -0.05) is 0 Å². The number of aromatic nitrogens is 2. The largest absolute Gasteiger partial charge is 0.314 e. The summed E-state index contributed by atoms with van der Waals surface area (Å²) >= 11 is 0. The first kappa shape index (κ1) is 11.2. The summed E-state index contributed by atoms with van der Waals surface area (Å²) in [5, 5.41) is 7.89.